The number of Topliss-reactive ketones (excluding diaryl/α,β-unsaturated/α-hetero) is 1. The molecule has 1 N–H and O–H groups in total. The molecule has 6 nitrogen and oxygen atoms in total. The quantitative estimate of drug-likeness (QED) is 0.509. The van der Waals surface area contributed by atoms with Gasteiger partial charge in [0.15, 0.2) is 5.78 Å². The first-order valence-corrected chi connectivity index (χ1v) is 11.7. The molecule has 2 aliphatic rings. The highest BCUT2D eigenvalue weighted by atomic mass is 16.5. The first-order valence-electron chi connectivity index (χ1n) is 11.7. The van der Waals surface area contributed by atoms with Crippen molar-refractivity contribution in [3.8, 4) is 0 Å². The number of dihydropyridines is 1. The molecule has 176 valence electrons. The Balaban J connectivity index is 1.88. The van der Waals surface area contributed by atoms with Crippen LogP contribution >= 0.6 is 0 Å². The summed E-state index contributed by atoms with van der Waals surface area (Å²) in [4.78, 5) is 40.2. The van der Waals surface area contributed by atoms with Crippen LogP contribution < -0.4 is 5.32 Å². The van der Waals surface area contributed by atoms with Crippen LogP contribution in [0.5, 0.6) is 0 Å². The molecule has 0 unspecified atom stereocenters. The van der Waals surface area contributed by atoms with Crippen LogP contribution in [0.15, 0.2) is 83.2 Å². The molecule has 6 heteroatoms. The van der Waals surface area contributed by atoms with Gasteiger partial charge >= 0.3 is 11.9 Å². The highest BCUT2D eigenvalue weighted by molar-refractivity contribution is 6.13. The van der Waals surface area contributed by atoms with Crippen molar-refractivity contribution in [2.75, 3.05) is 13.2 Å². The van der Waals surface area contributed by atoms with Gasteiger partial charge in [0, 0.05) is 28.8 Å². The number of ether oxygens (including phenoxy) is 2. The molecule has 4 rings (SSSR count). The van der Waals surface area contributed by atoms with Gasteiger partial charge in [0.1, 0.15) is 5.92 Å². The molecule has 0 bridgehead atoms. The van der Waals surface area contributed by atoms with Crippen LogP contribution in [0.3, 0.4) is 0 Å². The largest absolute Gasteiger partial charge is 0.465 e. The minimum Gasteiger partial charge on any atom is -0.465 e. The lowest BCUT2D eigenvalue weighted by Crippen LogP contribution is -2.43. The number of hydrogen-bond acceptors (Lipinski definition) is 6. The van der Waals surface area contributed by atoms with Crippen molar-refractivity contribution in [2.45, 2.75) is 39.0 Å². The first-order chi connectivity index (χ1) is 16.5. The van der Waals surface area contributed by atoms with E-state index in [9.17, 15) is 14.4 Å². The van der Waals surface area contributed by atoms with Crippen LogP contribution in [-0.4, -0.2) is 30.9 Å². The van der Waals surface area contributed by atoms with Crippen LogP contribution in [0.1, 0.15) is 50.2 Å². The van der Waals surface area contributed by atoms with Gasteiger partial charge in [0.05, 0.1) is 18.8 Å². The number of rotatable bonds is 6. The van der Waals surface area contributed by atoms with Gasteiger partial charge in [0.25, 0.3) is 0 Å². The Morgan fingerprint density at radius 3 is 2.09 bits per heavy atom. The molecule has 0 amide bonds. The molecule has 34 heavy (non-hydrogen) atoms. The predicted molar refractivity (Wildman–Crippen MR) is 128 cm³/mol. The molecule has 0 spiro atoms. The summed E-state index contributed by atoms with van der Waals surface area (Å²) in [5.41, 5.74) is 3.91. The summed E-state index contributed by atoms with van der Waals surface area (Å²) in [6, 6.07) is 19.0. The Kier molecular flexibility index (Phi) is 6.96. The Morgan fingerprint density at radius 2 is 1.50 bits per heavy atom. The number of benzene rings is 2. The topological polar surface area (TPSA) is 81.7 Å². The fraction of sp³-hybridized carbons (Fsp3) is 0.321. The Labute approximate surface area is 199 Å². The lowest BCUT2D eigenvalue weighted by atomic mass is 9.67. The third kappa shape index (κ3) is 4.28. The van der Waals surface area contributed by atoms with Gasteiger partial charge in [-0.1, -0.05) is 60.7 Å². The molecule has 3 atom stereocenters. The zero-order chi connectivity index (χ0) is 24.2. The summed E-state index contributed by atoms with van der Waals surface area (Å²) in [6.45, 7) is 5.71. The number of hydrogen-bond donors (Lipinski definition) is 1. The van der Waals surface area contributed by atoms with E-state index in [1.54, 1.807) is 13.8 Å². The predicted octanol–water partition coefficient (Wildman–Crippen LogP) is 4.40. The Bertz CT molecular complexity index is 1150. The van der Waals surface area contributed by atoms with Crippen LogP contribution in [0.25, 0.3) is 0 Å². The maximum absolute atomic E-state index is 14.1. The summed E-state index contributed by atoms with van der Waals surface area (Å²) in [7, 11) is 0. The third-order valence-electron chi connectivity index (χ3n) is 6.42. The van der Waals surface area contributed by atoms with Gasteiger partial charge < -0.3 is 14.8 Å². The van der Waals surface area contributed by atoms with Crippen LogP contribution in [0, 0.1) is 5.92 Å². The SMILES string of the molecule is CCOC(=O)C1=C(C)NC2=C(C(=O)[C@H](C(=O)OCC)[C@@H](c3ccccc3)C2)[C@@H]1c1ccccc1. The van der Waals surface area contributed by atoms with E-state index < -0.39 is 23.8 Å². The van der Waals surface area contributed by atoms with E-state index in [0.717, 1.165) is 16.8 Å². The smallest absolute Gasteiger partial charge is 0.336 e. The number of carbonyl (C=O) groups is 3. The van der Waals surface area contributed by atoms with E-state index in [2.05, 4.69) is 5.32 Å². The summed E-state index contributed by atoms with van der Waals surface area (Å²) in [5, 5.41) is 3.31. The summed E-state index contributed by atoms with van der Waals surface area (Å²) < 4.78 is 10.7. The van der Waals surface area contributed by atoms with Gasteiger partial charge in [-0.05, 0) is 38.3 Å². The van der Waals surface area contributed by atoms with E-state index in [0.29, 0.717) is 23.3 Å². The molecular weight excluding hydrogens is 430 g/mol. The van der Waals surface area contributed by atoms with Crippen molar-refractivity contribution in [3.05, 3.63) is 94.3 Å². The highest BCUT2D eigenvalue weighted by Gasteiger charge is 2.49. The van der Waals surface area contributed by atoms with Crippen molar-refractivity contribution < 1.29 is 23.9 Å². The Morgan fingerprint density at radius 1 is 0.912 bits per heavy atom. The maximum atomic E-state index is 14.1. The second-order valence-electron chi connectivity index (χ2n) is 8.44. The van der Waals surface area contributed by atoms with Crippen molar-refractivity contribution in [1.82, 2.24) is 5.32 Å². The van der Waals surface area contributed by atoms with Gasteiger partial charge in [-0.15, -0.1) is 0 Å². The molecule has 1 aliphatic heterocycles. The standard InChI is InChI=1S/C28H29NO5/c1-4-33-27(31)22-17(3)29-21-16-20(18-12-8-6-9-13-18)24(28(32)34-5-2)26(30)25(21)23(22)19-14-10-7-11-15-19/h6-15,20,23-24,29H,4-5,16H2,1-3H3/t20-,23-,24-/m1/s1. The lowest BCUT2D eigenvalue weighted by Gasteiger charge is -2.39. The molecule has 1 heterocycles. The van der Waals surface area contributed by atoms with Crippen LogP contribution in [0.4, 0.5) is 0 Å². The van der Waals surface area contributed by atoms with E-state index >= 15 is 0 Å². The second kappa shape index (κ2) is 10.1. The normalized spacial score (nSPS) is 22.1. The molecule has 0 aromatic heterocycles. The minimum atomic E-state index is -0.990. The number of allylic oxidation sites excluding steroid dienone is 3. The molecular formula is C28H29NO5. The summed E-state index contributed by atoms with van der Waals surface area (Å²) in [6.07, 6.45) is 0.450. The zero-order valence-electron chi connectivity index (χ0n) is 19.7. The maximum Gasteiger partial charge on any atom is 0.336 e. The Hall–Kier alpha value is -3.67. The molecule has 0 fully saturated rings. The number of esters is 2. The van der Waals surface area contributed by atoms with Gasteiger partial charge in [-0.3, -0.25) is 9.59 Å². The average Bonchev–Trinajstić information content (AvgIpc) is 2.84. The van der Waals surface area contributed by atoms with E-state index in [1.165, 1.54) is 0 Å². The number of ketones is 1. The van der Waals surface area contributed by atoms with E-state index in [4.69, 9.17) is 9.47 Å². The average molecular weight is 460 g/mol. The van der Waals surface area contributed by atoms with Crippen molar-refractivity contribution in [1.29, 1.82) is 0 Å². The zero-order valence-corrected chi connectivity index (χ0v) is 19.7. The molecule has 0 saturated carbocycles. The summed E-state index contributed by atoms with van der Waals surface area (Å²) in [5.74, 6) is -3.31. The minimum absolute atomic E-state index is 0.184. The number of nitrogens with one attached hydrogen (secondary N) is 1. The van der Waals surface area contributed by atoms with Crippen molar-refractivity contribution in [3.63, 3.8) is 0 Å². The van der Waals surface area contributed by atoms with Crippen LogP contribution in [-0.2, 0) is 23.9 Å². The van der Waals surface area contributed by atoms with Gasteiger partial charge in [-0.2, -0.15) is 0 Å². The highest BCUT2D eigenvalue weighted by Crippen LogP contribution is 2.48. The van der Waals surface area contributed by atoms with Crippen molar-refractivity contribution in [2.24, 2.45) is 5.92 Å². The lowest BCUT2D eigenvalue weighted by molar-refractivity contribution is -0.152. The molecule has 2 aromatic rings. The molecule has 2 aromatic carbocycles. The monoisotopic (exact) mass is 459 g/mol. The molecule has 0 radical (unpaired) electrons. The molecule has 1 aliphatic carbocycles. The summed E-state index contributed by atoms with van der Waals surface area (Å²) >= 11 is 0. The van der Waals surface area contributed by atoms with Crippen molar-refractivity contribution >= 4 is 17.7 Å². The third-order valence-corrected chi connectivity index (χ3v) is 6.42. The second-order valence-corrected chi connectivity index (χ2v) is 8.44. The van der Waals surface area contributed by atoms with Gasteiger partial charge in [0.2, 0.25) is 0 Å². The fourth-order valence-corrected chi connectivity index (χ4v) is 5.01. The number of carbonyl (C=O) groups excluding carboxylic acids is 3. The van der Waals surface area contributed by atoms with Gasteiger partial charge in [-0.25, -0.2) is 4.79 Å². The van der Waals surface area contributed by atoms with Crippen LogP contribution in [0.2, 0.25) is 0 Å². The van der Waals surface area contributed by atoms with E-state index in [-0.39, 0.29) is 24.9 Å². The first kappa shape index (κ1) is 23.5. The fourth-order valence-electron chi connectivity index (χ4n) is 5.01. The molecule has 0 saturated heterocycles. The van der Waals surface area contributed by atoms with E-state index in [1.807, 2.05) is 67.6 Å².